The van der Waals surface area contributed by atoms with Gasteiger partial charge in [0.1, 0.15) is 12.4 Å². The van der Waals surface area contributed by atoms with Crippen LogP contribution < -0.4 is 15.4 Å². The second kappa shape index (κ2) is 6.61. The van der Waals surface area contributed by atoms with Crippen LogP contribution in [0.15, 0.2) is 18.2 Å². The lowest BCUT2D eigenvalue weighted by atomic mass is 10.1. The van der Waals surface area contributed by atoms with Crippen molar-refractivity contribution in [1.29, 1.82) is 0 Å². The average molecular weight is 278 g/mol. The lowest BCUT2D eigenvalue weighted by Crippen LogP contribution is -2.44. The van der Waals surface area contributed by atoms with Crippen LogP contribution in [0.25, 0.3) is 0 Å². The molecule has 0 aliphatic carbocycles. The van der Waals surface area contributed by atoms with E-state index in [0.29, 0.717) is 13.0 Å². The molecule has 0 fully saturated rings. The van der Waals surface area contributed by atoms with E-state index in [1.54, 1.807) is 0 Å². The molecule has 5 nitrogen and oxygen atoms in total. The Bertz CT molecular complexity index is 476. The molecule has 1 aromatic rings. The number of ether oxygens (including phenoxy) is 1. The Balaban J connectivity index is 1.95. The molecule has 1 aromatic carbocycles. The fourth-order valence-corrected chi connectivity index (χ4v) is 2.37. The summed E-state index contributed by atoms with van der Waals surface area (Å²) in [5, 5.41) is 14.7. The third-order valence-electron chi connectivity index (χ3n) is 3.56. The summed E-state index contributed by atoms with van der Waals surface area (Å²) in [6.07, 6.45) is 1.37. The maximum atomic E-state index is 12.0. The maximum Gasteiger partial charge on any atom is 0.315 e. The van der Waals surface area contributed by atoms with Crippen LogP contribution in [-0.2, 0) is 0 Å². The van der Waals surface area contributed by atoms with Crippen molar-refractivity contribution in [2.24, 2.45) is 0 Å². The van der Waals surface area contributed by atoms with E-state index in [2.05, 4.69) is 10.6 Å². The number of rotatable bonds is 5. The zero-order valence-corrected chi connectivity index (χ0v) is 12.0. The lowest BCUT2D eigenvalue weighted by molar-refractivity contribution is 0.221. The molecule has 0 bridgehead atoms. The number of amides is 2. The number of hydrogen-bond acceptors (Lipinski definition) is 3. The number of carbonyl (C=O) groups excluding carboxylic acids is 1. The molecular formula is C15H22N2O3. The SMILES string of the molecule is CCC(CCO)NC(=O)NC1COc2ccc(C)cc21. The quantitative estimate of drug-likeness (QED) is 0.770. The van der Waals surface area contributed by atoms with Gasteiger partial charge in [-0.15, -0.1) is 0 Å². The van der Waals surface area contributed by atoms with E-state index >= 15 is 0 Å². The summed E-state index contributed by atoms with van der Waals surface area (Å²) in [5.74, 6) is 0.836. The van der Waals surface area contributed by atoms with E-state index < -0.39 is 0 Å². The smallest absolute Gasteiger partial charge is 0.315 e. The zero-order valence-electron chi connectivity index (χ0n) is 12.0. The molecule has 0 saturated carbocycles. The summed E-state index contributed by atoms with van der Waals surface area (Å²) < 4.78 is 5.56. The molecule has 0 radical (unpaired) electrons. The zero-order chi connectivity index (χ0) is 14.5. The number of benzene rings is 1. The Morgan fingerprint density at radius 3 is 3.05 bits per heavy atom. The first-order valence-electron chi connectivity index (χ1n) is 7.05. The van der Waals surface area contributed by atoms with Gasteiger partial charge in [-0.2, -0.15) is 0 Å². The fourth-order valence-electron chi connectivity index (χ4n) is 2.37. The number of urea groups is 1. The van der Waals surface area contributed by atoms with Crippen molar-refractivity contribution in [2.75, 3.05) is 13.2 Å². The van der Waals surface area contributed by atoms with E-state index in [-0.39, 0.29) is 24.7 Å². The predicted molar refractivity (Wildman–Crippen MR) is 76.9 cm³/mol. The van der Waals surface area contributed by atoms with Crippen LogP contribution in [0.3, 0.4) is 0 Å². The summed E-state index contributed by atoms with van der Waals surface area (Å²) in [4.78, 5) is 12.0. The van der Waals surface area contributed by atoms with Gasteiger partial charge in [0.05, 0.1) is 6.04 Å². The van der Waals surface area contributed by atoms with Gasteiger partial charge in [0, 0.05) is 18.2 Å². The Hall–Kier alpha value is -1.75. The second-order valence-electron chi connectivity index (χ2n) is 5.14. The maximum absolute atomic E-state index is 12.0. The number of hydrogen-bond donors (Lipinski definition) is 3. The first-order valence-corrected chi connectivity index (χ1v) is 7.05. The highest BCUT2D eigenvalue weighted by Crippen LogP contribution is 2.32. The first-order chi connectivity index (χ1) is 9.63. The third kappa shape index (κ3) is 3.42. The Kier molecular flexibility index (Phi) is 4.84. The van der Waals surface area contributed by atoms with Gasteiger partial charge in [0.25, 0.3) is 0 Å². The van der Waals surface area contributed by atoms with Crippen LogP contribution in [0.4, 0.5) is 4.79 Å². The van der Waals surface area contributed by atoms with Crippen molar-refractivity contribution >= 4 is 6.03 Å². The van der Waals surface area contributed by atoms with E-state index in [4.69, 9.17) is 9.84 Å². The molecule has 2 amide bonds. The molecule has 0 spiro atoms. The van der Waals surface area contributed by atoms with Crippen LogP contribution in [0.1, 0.15) is 36.9 Å². The summed E-state index contributed by atoms with van der Waals surface area (Å²) in [5.41, 5.74) is 2.17. The summed E-state index contributed by atoms with van der Waals surface area (Å²) in [7, 11) is 0. The minimum atomic E-state index is -0.215. The molecule has 0 saturated heterocycles. The molecule has 3 N–H and O–H groups in total. The van der Waals surface area contributed by atoms with Crippen LogP contribution in [-0.4, -0.2) is 30.4 Å². The molecule has 1 aliphatic heterocycles. The molecule has 5 heteroatoms. The van der Waals surface area contributed by atoms with Crippen LogP contribution in [0, 0.1) is 6.92 Å². The van der Waals surface area contributed by atoms with E-state index in [0.717, 1.165) is 23.3 Å². The Morgan fingerprint density at radius 1 is 1.55 bits per heavy atom. The monoisotopic (exact) mass is 278 g/mol. The van der Waals surface area contributed by atoms with Gasteiger partial charge >= 0.3 is 6.03 Å². The normalized spacial score (nSPS) is 18.1. The highest BCUT2D eigenvalue weighted by Gasteiger charge is 2.26. The summed E-state index contributed by atoms with van der Waals surface area (Å²) >= 11 is 0. The standard InChI is InChI=1S/C15H22N2O3/c1-3-11(6-7-18)16-15(19)17-13-9-20-14-5-4-10(2)8-12(13)14/h4-5,8,11,13,18H,3,6-7,9H2,1-2H3,(H2,16,17,19). The van der Waals surface area contributed by atoms with Crippen molar-refractivity contribution in [3.63, 3.8) is 0 Å². The van der Waals surface area contributed by atoms with Crippen molar-refractivity contribution in [3.8, 4) is 5.75 Å². The third-order valence-corrected chi connectivity index (χ3v) is 3.56. The largest absolute Gasteiger partial charge is 0.491 e. The van der Waals surface area contributed by atoms with Crippen molar-refractivity contribution in [2.45, 2.75) is 38.8 Å². The van der Waals surface area contributed by atoms with E-state index in [9.17, 15) is 4.79 Å². The van der Waals surface area contributed by atoms with Gasteiger partial charge in [-0.25, -0.2) is 4.79 Å². The molecule has 1 heterocycles. The molecular weight excluding hydrogens is 256 g/mol. The van der Waals surface area contributed by atoms with Crippen molar-refractivity contribution in [3.05, 3.63) is 29.3 Å². The van der Waals surface area contributed by atoms with Crippen molar-refractivity contribution < 1.29 is 14.6 Å². The van der Waals surface area contributed by atoms with Gasteiger partial charge < -0.3 is 20.5 Å². The minimum absolute atomic E-state index is 0.000647. The first kappa shape index (κ1) is 14.7. The topological polar surface area (TPSA) is 70.6 Å². The van der Waals surface area contributed by atoms with E-state index in [1.807, 2.05) is 32.0 Å². The average Bonchev–Trinajstić information content (AvgIpc) is 2.80. The molecule has 2 rings (SSSR count). The second-order valence-corrected chi connectivity index (χ2v) is 5.14. The van der Waals surface area contributed by atoms with Crippen molar-refractivity contribution in [1.82, 2.24) is 10.6 Å². The number of fused-ring (bicyclic) bond motifs is 1. The van der Waals surface area contributed by atoms with Gasteiger partial charge in [-0.1, -0.05) is 24.6 Å². The molecule has 1 aliphatic rings. The van der Waals surface area contributed by atoms with Crippen LogP contribution in [0.5, 0.6) is 5.75 Å². The van der Waals surface area contributed by atoms with Gasteiger partial charge in [0.2, 0.25) is 0 Å². The number of nitrogens with one attached hydrogen (secondary N) is 2. The summed E-state index contributed by atoms with van der Waals surface area (Å²) in [6, 6.07) is 5.64. The highest BCUT2D eigenvalue weighted by atomic mass is 16.5. The molecule has 110 valence electrons. The van der Waals surface area contributed by atoms with Gasteiger partial charge in [0.15, 0.2) is 0 Å². The number of aliphatic hydroxyl groups excluding tert-OH is 1. The number of aryl methyl sites for hydroxylation is 1. The molecule has 0 aromatic heterocycles. The predicted octanol–water partition coefficient (Wildman–Crippen LogP) is 1.89. The molecule has 20 heavy (non-hydrogen) atoms. The van der Waals surface area contributed by atoms with Crippen LogP contribution in [0.2, 0.25) is 0 Å². The minimum Gasteiger partial charge on any atom is -0.491 e. The van der Waals surface area contributed by atoms with Crippen LogP contribution >= 0.6 is 0 Å². The van der Waals surface area contributed by atoms with E-state index in [1.165, 1.54) is 0 Å². The number of carbonyl (C=O) groups is 1. The molecule has 2 unspecified atom stereocenters. The summed E-state index contributed by atoms with van der Waals surface area (Å²) in [6.45, 7) is 4.54. The Labute approximate surface area is 119 Å². The highest BCUT2D eigenvalue weighted by molar-refractivity contribution is 5.75. The lowest BCUT2D eigenvalue weighted by Gasteiger charge is -2.18. The van der Waals surface area contributed by atoms with Gasteiger partial charge in [-0.3, -0.25) is 0 Å². The van der Waals surface area contributed by atoms with Gasteiger partial charge in [-0.05, 0) is 25.8 Å². The molecule has 2 atom stereocenters. The number of aliphatic hydroxyl groups is 1. The fraction of sp³-hybridized carbons (Fsp3) is 0.533. The Morgan fingerprint density at radius 2 is 2.35 bits per heavy atom.